The number of rotatable bonds is 13. The first kappa shape index (κ1) is 27.9. The fourth-order valence-corrected chi connectivity index (χ4v) is 3.15. The minimum atomic E-state index is -0.0862. The fourth-order valence-electron chi connectivity index (χ4n) is 3.15. The van der Waals surface area contributed by atoms with Crippen molar-refractivity contribution < 1.29 is 9.53 Å². The molecular weight excluding hydrogens is 517 g/mol. The molecule has 0 saturated heterocycles. The summed E-state index contributed by atoms with van der Waals surface area (Å²) in [7, 11) is 3.31. The molecule has 0 saturated carbocycles. The van der Waals surface area contributed by atoms with Crippen molar-refractivity contribution in [3.8, 4) is 0 Å². The summed E-state index contributed by atoms with van der Waals surface area (Å²) in [6.45, 7) is 4.71. The van der Waals surface area contributed by atoms with Crippen LogP contribution in [0, 0.1) is 0 Å². The van der Waals surface area contributed by atoms with E-state index in [1.807, 2.05) is 12.1 Å². The van der Waals surface area contributed by atoms with E-state index in [0.29, 0.717) is 19.1 Å². The molecule has 0 fully saturated rings. The van der Waals surface area contributed by atoms with Gasteiger partial charge in [0.1, 0.15) is 0 Å². The van der Waals surface area contributed by atoms with E-state index in [4.69, 9.17) is 4.74 Å². The van der Waals surface area contributed by atoms with Crippen LogP contribution in [0.4, 0.5) is 0 Å². The molecule has 7 nitrogen and oxygen atoms in total. The number of hydrogen-bond acceptors (Lipinski definition) is 4. The molecule has 2 aromatic carbocycles. The average Bonchev–Trinajstić information content (AvgIpc) is 2.80. The van der Waals surface area contributed by atoms with Gasteiger partial charge in [-0.05, 0) is 17.5 Å². The molecule has 0 aliphatic rings. The van der Waals surface area contributed by atoms with Crippen LogP contribution in [0.1, 0.15) is 17.5 Å². The van der Waals surface area contributed by atoms with E-state index in [9.17, 15) is 4.79 Å². The number of aliphatic imine (C=N–C) groups is 1. The Morgan fingerprint density at radius 1 is 0.906 bits per heavy atom. The molecular formula is C24H36IN5O2. The Hall–Kier alpha value is -2.17. The highest BCUT2D eigenvalue weighted by Gasteiger charge is 2.08. The van der Waals surface area contributed by atoms with Crippen LogP contribution < -0.4 is 16.0 Å². The van der Waals surface area contributed by atoms with Gasteiger partial charge in [-0.2, -0.15) is 0 Å². The van der Waals surface area contributed by atoms with Crippen molar-refractivity contribution in [3.05, 3.63) is 71.8 Å². The van der Waals surface area contributed by atoms with Gasteiger partial charge in [-0.25, -0.2) is 0 Å². The number of hydrogen-bond donors (Lipinski definition) is 3. The summed E-state index contributed by atoms with van der Waals surface area (Å²) in [4.78, 5) is 18.4. The van der Waals surface area contributed by atoms with E-state index in [1.165, 1.54) is 11.1 Å². The molecule has 1 amide bonds. The summed E-state index contributed by atoms with van der Waals surface area (Å²) >= 11 is 0. The highest BCUT2D eigenvalue weighted by atomic mass is 127. The highest BCUT2D eigenvalue weighted by molar-refractivity contribution is 14.0. The second-order valence-corrected chi connectivity index (χ2v) is 7.23. The standard InChI is InChI=1S/C24H35N5O2.HI/c1-25-24(28-18-23(30)26-15-17-31-2)27-14-9-16-29(19-21-10-5-3-6-11-21)20-22-12-7-4-8-13-22;/h3-8,10-13H,9,14-20H2,1-2H3,(H,26,30)(H2,25,27,28);1H. The highest BCUT2D eigenvalue weighted by Crippen LogP contribution is 2.10. The van der Waals surface area contributed by atoms with Crippen molar-refractivity contribution >= 4 is 35.8 Å². The molecule has 0 atom stereocenters. The number of methoxy groups -OCH3 is 1. The zero-order chi connectivity index (χ0) is 22.2. The normalized spacial score (nSPS) is 11.0. The summed E-state index contributed by atoms with van der Waals surface area (Å²) in [6, 6.07) is 21.1. The van der Waals surface area contributed by atoms with Crippen LogP contribution in [0.2, 0.25) is 0 Å². The van der Waals surface area contributed by atoms with Gasteiger partial charge < -0.3 is 20.7 Å². The molecule has 176 valence electrons. The quantitative estimate of drug-likeness (QED) is 0.154. The Morgan fingerprint density at radius 3 is 2.03 bits per heavy atom. The summed E-state index contributed by atoms with van der Waals surface area (Å²) in [5, 5.41) is 9.09. The summed E-state index contributed by atoms with van der Waals surface area (Å²) < 4.78 is 4.92. The SMILES string of the molecule is CN=C(NCCCN(Cc1ccccc1)Cc1ccccc1)NCC(=O)NCCOC.I. The molecule has 32 heavy (non-hydrogen) atoms. The third kappa shape index (κ3) is 12.0. The van der Waals surface area contributed by atoms with Crippen LogP contribution in [-0.2, 0) is 22.6 Å². The molecule has 0 aliphatic carbocycles. The van der Waals surface area contributed by atoms with E-state index in [-0.39, 0.29) is 36.4 Å². The van der Waals surface area contributed by atoms with Gasteiger partial charge in [0.15, 0.2) is 5.96 Å². The maximum Gasteiger partial charge on any atom is 0.239 e. The van der Waals surface area contributed by atoms with E-state index in [2.05, 4.69) is 74.4 Å². The number of carbonyl (C=O) groups is 1. The third-order valence-corrected chi connectivity index (χ3v) is 4.71. The Kier molecular flexibility index (Phi) is 15.1. The van der Waals surface area contributed by atoms with Crippen molar-refractivity contribution in [2.45, 2.75) is 19.5 Å². The number of amides is 1. The van der Waals surface area contributed by atoms with Crippen LogP contribution in [0.5, 0.6) is 0 Å². The van der Waals surface area contributed by atoms with Gasteiger partial charge in [0.25, 0.3) is 0 Å². The van der Waals surface area contributed by atoms with E-state index in [0.717, 1.165) is 32.6 Å². The lowest BCUT2D eigenvalue weighted by atomic mass is 10.1. The molecule has 0 unspecified atom stereocenters. The van der Waals surface area contributed by atoms with Crippen molar-refractivity contribution in [2.75, 3.05) is 46.9 Å². The molecule has 0 aliphatic heterocycles. The molecule has 0 heterocycles. The van der Waals surface area contributed by atoms with Crippen LogP contribution in [0.25, 0.3) is 0 Å². The molecule has 0 bridgehead atoms. The Labute approximate surface area is 209 Å². The van der Waals surface area contributed by atoms with E-state index < -0.39 is 0 Å². The Bertz CT molecular complexity index is 733. The Morgan fingerprint density at radius 2 is 1.50 bits per heavy atom. The number of benzene rings is 2. The zero-order valence-electron chi connectivity index (χ0n) is 19.0. The molecule has 2 rings (SSSR count). The zero-order valence-corrected chi connectivity index (χ0v) is 21.4. The lowest BCUT2D eigenvalue weighted by Crippen LogP contribution is -2.44. The summed E-state index contributed by atoms with van der Waals surface area (Å²) in [5.41, 5.74) is 2.62. The average molecular weight is 553 g/mol. The van der Waals surface area contributed by atoms with Gasteiger partial charge in [0.2, 0.25) is 5.91 Å². The minimum Gasteiger partial charge on any atom is -0.383 e. The number of nitrogens with one attached hydrogen (secondary N) is 3. The number of ether oxygens (including phenoxy) is 1. The van der Waals surface area contributed by atoms with Crippen molar-refractivity contribution in [2.24, 2.45) is 4.99 Å². The second kappa shape index (κ2) is 17.4. The van der Waals surface area contributed by atoms with E-state index in [1.54, 1.807) is 14.2 Å². The maximum atomic E-state index is 11.8. The molecule has 0 spiro atoms. The smallest absolute Gasteiger partial charge is 0.239 e. The van der Waals surface area contributed by atoms with Crippen LogP contribution in [-0.4, -0.2) is 63.7 Å². The molecule has 0 aromatic heterocycles. The summed E-state index contributed by atoms with van der Waals surface area (Å²) in [6.07, 6.45) is 0.959. The van der Waals surface area contributed by atoms with Crippen molar-refractivity contribution in [3.63, 3.8) is 0 Å². The lowest BCUT2D eigenvalue weighted by molar-refractivity contribution is -0.120. The van der Waals surface area contributed by atoms with Crippen molar-refractivity contribution in [1.29, 1.82) is 0 Å². The van der Waals surface area contributed by atoms with Gasteiger partial charge in [-0.15, -0.1) is 24.0 Å². The van der Waals surface area contributed by atoms with Gasteiger partial charge in [-0.3, -0.25) is 14.7 Å². The largest absolute Gasteiger partial charge is 0.383 e. The first-order valence-electron chi connectivity index (χ1n) is 10.7. The summed E-state index contributed by atoms with van der Waals surface area (Å²) in [5.74, 6) is 0.538. The Balaban J connectivity index is 0.00000512. The topological polar surface area (TPSA) is 78.0 Å². The van der Waals surface area contributed by atoms with Crippen LogP contribution in [0.3, 0.4) is 0 Å². The van der Waals surface area contributed by atoms with Gasteiger partial charge in [0.05, 0.1) is 13.2 Å². The van der Waals surface area contributed by atoms with Gasteiger partial charge in [0, 0.05) is 46.9 Å². The first-order chi connectivity index (χ1) is 15.2. The predicted molar refractivity (Wildman–Crippen MR) is 141 cm³/mol. The lowest BCUT2D eigenvalue weighted by Gasteiger charge is -2.23. The minimum absolute atomic E-state index is 0. The molecule has 2 aromatic rings. The van der Waals surface area contributed by atoms with Crippen LogP contribution >= 0.6 is 24.0 Å². The van der Waals surface area contributed by atoms with E-state index >= 15 is 0 Å². The van der Waals surface area contributed by atoms with Gasteiger partial charge in [-0.1, -0.05) is 60.7 Å². The molecule has 3 N–H and O–H groups in total. The molecule has 8 heteroatoms. The maximum absolute atomic E-state index is 11.8. The predicted octanol–water partition coefficient (Wildman–Crippen LogP) is 2.62. The second-order valence-electron chi connectivity index (χ2n) is 7.23. The number of nitrogens with zero attached hydrogens (tertiary/aromatic N) is 2. The number of guanidine groups is 1. The fraction of sp³-hybridized carbons (Fsp3) is 0.417. The monoisotopic (exact) mass is 553 g/mol. The number of halogens is 1. The molecule has 0 radical (unpaired) electrons. The van der Waals surface area contributed by atoms with Crippen molar-refractivity contribution in [1.82, 2.24) is 20.9 Å². The van der Waals surface area contributed by atoms with Crippen LogP contribution in [0.15, 0.2) is 65.7 Å². The number of carbonyl (C=O) groups excluding carboxylic acids is 1. The third-order valence-electron chi connectivity index (χ3n) is 4.71. The first-order valence-corrected chi connectivity index (χ1v) is 10.7. The van der Waals surface area contributed by atoms with Gasteiger partial charge >= 0.3 is 0 Å².